The number of halogens is 5. The molecular formula is C17H20F5NO5. The summed E-state index contributed by atoms with van der Waals surface area (Å²) in [6, 6.07) is 4.38. The van der Waals surface area contributed by atoms with Crippen molar-refractivity contribution in [2.75, 3.05) is 13.2 Å². The maximum Gasteiger partial charge on any atom is 0.573 e. The van der Waals surface area contributed by atoms with Crippen LogP contribution in [0.25, 0.3) is 0 Å². The first-order valence-corrected chi connectivity index (χ1v) is 8.29. The number of aliphatic hydroxyl groups is 3. The highest BCUT2D eigenvalue weighted by Gasteiger charge is 2.37. The first kappa shape index (κ1) is 22.5. The Morgan fingerprint density at radius 2 is 1.68 bits per heavy atom. The van der Waals surface area contributed by atoms with Crippen LogP contribution in [-0.2, 0) is 11.2 Å². The van der Waals surface area contributed by atoms with Gasteiger partial charge in [-0.25, -0.2) is 0 Å². The van der Waals surface area contributed by atoms with Crippen LogP contribution in [0.1, 0.15) is 5.56 Å². The molecule has 0 spiro atoms. The van der Waals surface area contributed by atoms with Crippen molar-refractivity contribution in [1.29, 1.82) is 0 Å². The summed E-state index contributed by atoms with van der Waals surface area (Å²) in [5.41, 5.74) is 0.683. The molecule has 0 heterocycles. The van der Waals surface area contributed by atoms with Crippen molar-refractivity contribution in [2.24, 2.45) is 0 Å². The van der Waals surface area contributed by atoms with Crippen molar-refractivity contribution < 1.29 is 46.7 Å². The minimum absolute atomic E-state index is 0.00394. The summed E-state index contributed by atoms with van der Waals surface area (Å²) in [6.45, 7) is -3.40. The second-order valence-corrected chi connectivity index (χ2v) is 6.16. The molecule has 1 aliphatic carbocycles. The van der Waals surface area contributed by atoms with Gasteiger partial charge in [-0.1, -0.05) is 18.2 Å². The average Bonchev–Trinajstić information content (AvgIpc) is 2.61. The molecule has 1 aromatic rings. The molecule has 0 bridgehead atoms. The molecular weight excluding hydrogens is 393 g/mol. The van der Waals surface area contributed by atoms with E-state index in [0.717, 1.165) is 12.1 Å². The van der Waals surface area contributed by atoms with Crippen LogP contribution in [0.15, 0.2) is 35.9 Å². The summed E-state index contributed by atoms with van der Waals surface area (Å²) in [4.78, 5) is 0. The molecule has 0 unspecified atom stereocenters. The van der Waals surface area contributed by atoms with Crippen molar-refractivity contribution in [3.63, 3.8) is 0 Å². The van der Waals surface area contributed by atoms with Crippen molar-refractivity contribution in [3.8, 4) is 5.75 Å². The van der Waals surface area contributed by atoms with Crippen LogP contribution in [0.3, 0.4) is 0 Å². The molecule has 0 fully saturated rings. The summed E-state index contributed by atoms with van der Waals surface area (Å²) < 4.78 is 68.6. The van der Waals surface area contributed by atoms with E-state index in [1.807, 2.05) is 0 Å². The first-order valence-electron chi connectivity index (χ1n) is 8.29. The van der Waals surface area contributed by atoms with Crippen molar-refractivity contribution >= 4 is 0 Å². The Morgan fingerprint density at radius 1 is 1.04 bits per heavy atom. The van der Waals surface area contributed by atoms with E-state index in [2.05, 4.69) is 14.8 Å². The molecule has 0 saturated carbocycles. The molecule has 0 radical (unpaired) electrons. The van der Waals surface area contributed by atoms with Gasteiger partial charge in [0.15, 0.2) is 0 Å². The number of ether oxygens (including phenoxy) is 2. The molecule has 1 aliphatic rings. The van der Waals surface area contributed by atoms with Gasteiger partial charge >= 0.3 is 13.0 Å². The molecule has 0 amide bonds. The Bertz CT molecular complexity index is 652. The van der Waals surface area contributed by atoms with Crippen molar-refractivity contribution in [2.45, 2.75) is 43.7 Å². The third kappa shape index (κ3) is 6.67. The fourth-order valence-corrected chi connectivity index (χ4v) is 2.76. The third-order valence-corrected chi connectivity index (χ3v) is 4.14. The first-order chi connectivity index (χ1) is 13.1. The molecule has 4 atom stereocenters. The number of rotatable bonds is 8. The second-order valence-electron chi connectivity index (χ2n) is 6.16. The Hall–Kier alpha value is -1.79. The van der Waals surface area contributed by atoms with Gasteiger partial charge in [0.1, 0.15) is 24.1 Å². The van der Waals surface area contributed by atoms with Crippen LogP contribution in [0, 0.1) is 0 Å². The molecule has 2 rings (SSSR count). The van der Waals surface area contributed by atoms with E-state index in [0.29, 0.717) is 12.0 Å². The van der Waals surface area contributed by atoms with Gasteiger partial charge in [0.25, 0.3) is 0 Å². The van der Waals surface area contributed by atoms with E-state index >= 15 is 0 Å². The fraction of sp³-hybridized carbons (Fsp3) is 0.529. The van der Waals surface area contributed by atoms with E-state index in [1.165, 1.54) is 18.2 Å². The minimum Gasteiger partial charge on any atom is -0.406 e. The lowest BCUT2D eigenvalue weighted by Gasteiger charge is -2.35. The zero-order chi connectivity index (χ0) is 20.9. The van der Waals surface area contributed by atoms with Crippen LogP contribution in [0.4, 0.5) is 22.0 Å². The summed E-state index contributed by atoms with van der Waals surface area (Å²) >= 11 is 0. The number of benzene rings is 1. The standard InChI is InChI=1S/C17H20F5NO5/c18-16(19)27-8-10-7-12(14(25)15(26)13(10)24)23-6-5-9-1-3-11(4-2-9)28-17(20,21)22/h1-4,7,12-16,23-26H,5-6,8H2/t12-,13+,14+,15+/m1/s1. The van der Waals surface area contributed by atoms with E-state index in [-0.39, 0.29) is 17.9 Å². The van der Waals surface area contributed by atoms with Gasteiger partial charge in [-0.05, 0) is 36.2 Å². The maximum atomic E-state index is 12.2. The Balaban J connectivity index is 1.91. The monoisotopic (exact) mass is 413 g/mol. The zero-order valence-corrected chi connectivity index (χ0v) is 14.4. The summed E-state index contributed by atoms with van der Waals surface area (Å²) in [5.74, 6) is -0.351. The number of hydrogen-bond acceptors (Lipinski definition) is 6. The Labute approximate surface area is 157 Å². The molecule has 6 nitrogen and oxygen atoms in total. The van der Waals surface area contributed by atoms with Gasteiger partial charge in [0, 0.05) is 0 Å². The highest BCUT2D eigenvalue weighted by molar-refractivity contribution is 5.28. The van der Waals surface area contributed by atoms with Crippen LogP contribution in [0.2, 0.25) is 0 Å². The summed E-state index contributed by atoms with van der Waals surface area (Å²) in [6.07, 6.45) is -7.60. The van der Waals surface area contributed by atoms with Gasteiger partial charge in [-0.2, -0.15) is 8.78 Å². The maximum absolute atomic E-state index is 12.2. The highest BCUT2D eigenvalue weighted by atomic mass is 19.4. The van der Waals surface area contributed by atoms with Crippen LogP contribution < -0.4 is 10.1 Å². The van der Waals surface area contributed by atoms with Gasteiger partial charge in [-0.15, -0.1) is 13.2 Å². The normalized spacial score (nSPS) is 25.7. The second kappa shape index (κ2) is 9.61. The SMILES string of the molecule is O[C@@H]1[C@@H](O)[C@@H](O)C(COC(F)F)=C[C@H]1NCCc1ccc(OC(F)(F)F)cc1. The molecule has 0 saturated heterocycles. The molecule has 11 heteroatoms. The lowest BCUT2D eigenvalue weighted by Crippen LogP contribution is -2.54. The lowest BCUT2D eigenvalue weighted by atomic mass is 9.88. The van der Waals surface area contributed by atoms with Crippen molar-refractivity contribution in [3.05, 3.63) is 41.5 Å². The van der Waals surface area contributed by atoms with Crippen LogP contribution in [-0.4, -0.2) is 65.8 Å². The van der Waals surface area contributed by atoms with Gasteiger partial charge in [-0.3, -0.25) is 0 Å². The van der Waals surface area contributed by atoms with Gasteiger partial charge in [0.05, 0.1) is 12.6 Å². The Kier molecular flexibility index (Phi) is 7.72. The Morgan fingerprint density at radius 3 is 2.25 bits per heavy atom. The van der Waals surface area contributed by atoms with Crippen molar-refractivity contribution in [1.82, 2.24) is 5.32 Å². The predicted octanol–water partition coefficient (Wildman–Crippen LogP) is 1.35. The summed E-state index contributed by atoms with van der Waals surface area (Å²) in [5, 5.41) is 32.6. The third-order valence-electron chi connectivity index (χ3n) is 4.14. The smallest absolute Gasteiger partial charge is 0.406 e. The quantitative estimate of drug-likeness (QED) is 0.380. The van der Waals surface area contributed by atoms with E-state index < -0.39 is 43.9 Å². The topological polar surface area (TPSA) is 91.2 Å². The average molecular weight is 413 g/mol. The van der Waals surface area contributed by atoms with Crippen LogP contribution >= 0.6 is 0 Å². The fourth-order valence-electron chi connectivity index (χ4n) is 2.76. The van der Waals surface area contributed by atoms with Gasteiger partial charge < -0.3 is 30.1 Å². The largest absolute Gasteiger partial charge is 0.573 e. The predicted molar refractivity (Wildman–Crippen MR) is 86.7 cm³/mol. The molecule has 4 N–H and O–H groups in total. The molecule has 0 aromatic heterocycles. The number of hydrogen-bond donors (Lipinski definition) is 4. The molecule has 0 aliphatic heterocycles. The molecule has 28 heavy (non-hydrogen) atoms. The lowest BCUT2D eigenvalue weighted by molar-refractivity contribution is -0.274. The van der Waals surface area contributed by atoms with E-state index in [4.69, 9.17) is 0 Å². The molecule has 158 valence electrons. The number of alkyl halides is 5. The highest BCUT2D eigenvalue weighted by Crippen LogP contribution is 2.23. The number of nitrogens with one attached hydrogen (secondary N) is 1. The minimum atomic E-state index is -4.77. The molecule has 1 aromatic carbocycles. The number of aliphatic hydroxyl groups excluding tert-OH is 3. The summed E-state index contributed by atoms with van der Waals surface area (Å²) in [7, 11) is 0. The van der Waals surface area contributed by atoms with Crippen LogP contribution in [0.5, 0.6) is 5.75 Å². The zero-order valence-electron chi connectivity index (χ0n) is 14.4. The van der Waals surface area contributed by atoms with E-state index in [9.17, 15) is 37.3 Å². The van der Waals surface area contributed by atoms with E-state index in [1.54, 1.807) is 0 Å². The van der Waals surface area contributed by atoms with Gasteiger partial charge in [0.2, 0.25) is 0 Å².